The summed E-state index contributed by atoms with van der Waals surface area (Å²) in [6.45, 7) is 1.85. The molecule has 0 radical (unpaired) electrons. The zero-order valence-corrected chi connectivity index (χ0v) is 14.5. The van der Waals surface area contributed by atoms with E-state index in [4.69, 9.17) is 0 Å². The lowest BCUT2D eigenvalue weighted by molar-refractivity contribution is -0.117. The van der Waals surface area contributed by atoms with Gasteiger partial charge in [-0.3, -0.25) is 9.69 Å². The molecule has 24 heavy (non-hydrogen) atoms. The molecule has 0 saturated carbocycles. The summed E-state index contributed by atoms with van der Waals surface area (Å²) in [5, 5.41) is 2.91. The summed E-state index contributed by atoms with van der Waals surface area (Å²) in [6, 6.07) is 9.16. The number of carbonyl (C=O) groups is 1. The molecule has 0 unspecified atom stereocenters. The highest BCUT2D eigenvalue weighted by atomic mass is 32.2. The van der Waals surface area contributed by atoms with Crippen LogP contribution in [0.5, 0.6) is 0 Å². The Morgan fingerprint density at radius 1 is 1.08 bits per heavy atom. The quantitative estimate of drug-likeness (QED) is 0.837. The number of sulfone groups is 1. The summed E-state index contributed by atoms with van der Waals surface area (Å²) in [7, 11) is -3.09. The van der Waals surface area contributed by atoms with Crippen molar-refractivity contribution in [3.05, 3.63) is 42.0 Å². The number of nitrogens with one attached hydrogen (secondary N) is 1. The van der Waals surface area contributed by atoms with Gasteiger partial charge in [0.15, 0.2) is 9.84 Å². The second-order valence-corrected chi connectivity index (χ2v) is 8.75. The van der Waals surface area contributed by atoms with Crippen LogP contribution in [0.2, 0.25) is 0 Å². The van der Waals surface area contributed by atoms with Crippen LogP contribution in [0.15, 0.2) is 36.4 Å². The highest BCUT2D eigenvalue weighted by Crippen LogP contribution is 2.22. The molecule has 5 nitrogen and oxygen atoms in total. The lowest BCUT2D eigenvalue weighted by atomic mass is 10.0. The van der Waals surface area contributed by atoms with Gasteiger partial charge in [-0.25, -0.2) is 8.42 Å². The molecule has 130 valence electrons. The Hall–Kier alpha value is -1.66. The van der Waals surface area contributed by atoms with Crippen LogP contribution in [0.4, 0.5) is 0 Å². The highest BCUT2D eigenvalue weighted by molar-refractivity contribution is 7.91. The summed E-state index contributed by atoms with van der Waals surface area (Å²) in [4.78, 5) is 14.4. The summed E-state index contributed by atoms with van der Waals surface area (Å²) in [5.41, 5.74) is 0.944. The largest absolute Gasteiger partial charge is 0.347 e. The fraction of sp³-hybridized carbons (Fsp3) is 0.500. The van der Waals surface area contributed by atoms with Crippen molar-refractivity contribution >= 4 is 21.8 Å². The van der Waals surface area contributed by atoms with Crippen LogP contribution in [0.3, 0.4) is 0 Å². The van der Waals surface area contributed by atoms with Gasteiger partial charge >= 0.3 is 0 Å². The van der Waals surface area contributed by atoms with Gasteiger partial charge in [0.05, 0.1) is 17.5 Å². The van der Waals surface area contributed by atoms with Crippen molar-refractivity contribution < 1.29 is 13.2 Å². The topological polar surface area (TPSA) is 66.5 Å². The molecule has 1 amide bonds. The average Bonchev–Trinajstić information content (AvgIpc) is 2.89. The third-order valence-electron chi connectivity index (χ3n) is 4.74. The van der Waals surface area contributed by atoms with Crippen LogP contribution in [-0.2, 0) is 14.6 Å². The van der Waals surface area contributed by atoms with Crippen molar-refractivity contribution in [3.63, 3.8) is 0 Å². The zero-order valence-electron chi connectivity index (χ0n) is 13.7. The maximum atomic E-state index is 12.2. The van der Waals surface area contributed by atoms with E-state index in [1.807, 2.05) is 30.3 Å². The van der Waals surface area contributed by atoms with Crippen molar-refractivity contribution in [2.45, 2.75) is 31.3 Å². The fourth-order valence-corrected chi connectivity index (χ4v) is 5.50. The third-order valence-corrected chi connectivity index (χ3v) is 6.45. The summed E-state index contributed by atoms with van der Waals surface area (Å²) in [6.07, 6.45) is 6.63. The Labute approximate surface area is 143 Å². The van der Waals surface area contributed by atoms with Gasteiger partial charge in [-0.05, 0) is 37.6 Å². The molecule has 6 heteroatoms. The minimum atomic E-state index is -3.09. The van der Waals surface area contributed by atoms with Crippen LogP contribution < -0.4 is 5.32 Å². The molecule has 0 spiro atoms. The molecule has 2 heterocycles. The van der Waals surface area contributed by atoms with E-state index in [9.17, 15) is 13.2 Å². The number of rotatable bonds is 4. The second kappa shape index (κ2) is 7.49. The first kappa shape index (κ1) is 17.2. The summed E-state index contributed by atoms with van der Waals surface area (Å²) < 4.78 is 24.1. The monoisotopic (exact) mass is 348 g/mol. The zero-order chi connectivity index (χ0) is 17.0. The first-order valence-electron chi connectivity index (χ1n) is 8.52. The van der Waals surface area contributed by atoms with Gasteiger partial charge in [-0.15, -0.1) is 0 Å². The number of hydrogen-bond donors (Lipinski definition) is 1. The third kappa shape index (κ3) is 4.45. The average molecular weight is 348 g/mol. The van der Waals surface area contributed by atoms with Crippen molar-refractivity contribution in [3.8, 4) is 0 Å². The molecule has 1 aromatic rings. The minimum Gasteiger partial charge on any atom is -0.347 e. The van der Waals surface area contributed by atoms with E-state index in [-0.39, 0.29) is 29.5 Å². The molecule has 1 aromatic carbocycles. The van der Waals surface area contributed by atoms with Gasteiger partial charge in [-0.2, -0.15) is 0 Å². The Balaban J connectivity index is 1.65. The van der Waals surface area contributed by atoms with E-state index in [0.717, 1.165) is 31.5 Å². The Morgan fingerprint density at radius 3 is 2.50 bits per heavy atom. The van der Waals surface area contributed by atoms with Gasteiger partial charge in [0.2, 0.25) is 5.91 Å². The van der Waals surface area contributed by atoms with Crippen molar-refractivity contribution in [1.29, 1.82) is 0 Å². The van der Waals surface area contributed by atoms with E-state index in [0.29, 0.717) is 0 Å². The van der Waals surface area contributed by atoms with E-state index in [2.05, 4.69) is 10.2 Å². The molecule has 0 aromatic heterocycles. The molecule has 1 N–H and O–H groups in total. The number of nitrogens with zero attached hydrogens (tertiary/aromatic N) is 1. The van der Waals surface area contributed by atoms with Crippen molar-refractivity contribution in [2.24, 2.45) is 0 Å². The smallest absolute Gasteiger partial charge is 0.244 e. The van der Waals surface area contributed by atoms with Crippen LogP contribution in [0, 0.1) is 0 Å². The van der Waals surface area contributed by atoms with E-state index < -0.39 is 9.84 Å². The molecule has 2 saturated heterocycles. The van der Waals surface area contributed by atoms with Gasteiger partial charge in [0.25, 0.3) is 0 Å². The van der Waals surface area contributed by atoms with Crippen LogP contribution in [0.25, 0.3) is 6.08 Å². The molecule has 2 fully saturated rings. The summed E-state index contributed by atoms with van der Waals surface area (Å²) in [5.74, 6) is -0.0395. The molecule has 0 bridgehead atoms. The normalized spacial score (nSPS) is 27.3. The Bertz CT molecular complexity index is 694. The number of carbonyl (C=O) groups excluding carboxylic acids is 1. The maximum absolute atomic E-state index is 12.2. The van der Waals surface area contributed by atoms with Crippen LogP contribution in [-0.4, -0.2) is 55.9 Å². The van der Waals surface area contributed by atoms with Crippen molar-refractivity contribution in [1.82, 2.24) is 10.2 Å². The molecule has 0 aliphatic carbocycles. The van der Waals surface area contributed by atoms with Gasteiger partial charge in [0, 0.05) is 12.1 Å². The minimum absolute atomic E-state index is 0.0408. The molecule has 3 rings (SSSR count). The lowest BCUT2D eigenvalue weighted by Crippen LogP contribution is -2.52. The van der Waals surface area contributed by atoms with Gasteiger partial charge in [0.1, 0.15) is 0 Å². The maximum Gasteiger partial charge on any atom is 0.244 e. The highest BCUT2D eigenvalue weighted by Gasteiger charge is 2.41. The van der Waals surface area contributed by atoms with Gasteiger partial charge in [-0.1, -0.05) is 36.8 Å². The Kier molecular flexibility index (Phi) is 5.36. The number of hydrogen-bond acceptors (Lipinski definition) is 4. The number of benzene rings is 1. The van der Waals surface area contributed by atoms with E-state index in [1.54, 1.807) is 6.08 Å². The number of amides is 1. The lowest BCUT2D eigenvalue weighted by Gasteiger charge is -2.34. The standard InChI is InChI=1S/C18H24N2O3S/c21-18(10-9-15-7-3-1-4-8-15)19-16-13-24(22,23)14-17(16)20-11-5-2-6-12-20/h1,3-4,7-10,16-17H,2,5-6,11-14H2,(H,19,21)/b10-9+/t16-,17-/m1/s1. The molecule has 2 aliphatic rings. The molecule has 2 aliphatic heterocycles. The van der Waals surface area contributed by atoms with Crippen LogP contribution in [0.1, 0.15) is 24.8 Å². The molecular formula is C18H24N2O3S. The number of likely N-dealkylation sites (tertiary alicyclic amines) is 1. The first-order valence-corrected chi connectivity index (χ1v) is 10.3. The number of piperidine rings is 1. The van der Waals surface area contributed by atoms with Crippen molar-refractivity contribution in [2.75, 3.05) is 24.6 Å². The van der Waals surface area contributed by atoms with E-state index >= 15 is 0 Å². The second-order valence-electron chi connectivity index (χ2n) is 6.60. The van der Waals surface area contributed by atoms with Gasteiger partial charge < -0.3 is 5.32 Å². The molecule has 2 atom stereocenters. The fourth-order valence-electron chi connectivity index (χ4n) is 3.54. The summed E-state index contributed by atoms with van der Waals surface area (Å²) >= 11 is 0. The van der Waals surface area contributed by atoms with Crippen LogP contribution >= 0.6 is 0 Å². The predicted molar refractivity (Wildman–Crippen MR) is 95.3 cm³/mol. The predicted octanol–water partition coefficient (Wildman–Crippen LogP) is 1.47. The first-order chi connectivity index (χ1) is 11.5. The Morgan fingerprint density at radius 2 is 1.79 bits per heavy atom. The molecular weight excluding hydrogens is 324 g/mol. The van der Waals surface area contributed by atoms with E-state index in [1.165, 1.54) is 12.5 Å². The SMILES string of the molecule is O=C(/C=C/c1ccccc1)N[C@@H]1CS(=O)(=O)C[C@H]1N1CCCCC1.